The van der Waals surface area contributed by atoms with E-state index in [1.54, 1.807) is 41.8 Å². The number of carbonyl (C=O) groups excluding carboxylic acids is 2. The van der Waals surface area contributed by atoms with Gasteiger partial charge in [-0.1, -0.05) is 44.2 Å². The number of hydrogen-bond donors (Lipinski definition) is 0. The predicted molar refractivity (Wildman–Crippen MR) is 113 cm³/mol. The quantitative estimate of drug-likeness (QED) is 0.489. The molecule has 2 aromatic carbocycles. The smallest absolute Gasteiger partial charge is 0.367 e. The highest BCUT2D eigenvalue weighted by atomic mass is 32.1. The molecule has 156 valence electrons. The first-order valence-electron chi connectivity index (χ1n) is 9.46. The summed E-state index contributed by atoms with van der Waals surface area (Å²) in [4.78, 5) is 28.2. The minimum atomic E-state index is -0.511. The summed E-state index contributed by atoms with van der Waals surface area (Å²) in [5.74, 6) is -1.13. The summed E-state index contributed by atoms with van der Waals surface area (Å²) in [6.45, 7) is 4.25. The van der Waals surface area contributed by atoms with Crippen LogP contribution in [0.3, 0.4) is 0 Å². The van der Waals surface area contributed by atoms with E-state index in [-0.39, 0.29) is 17.3 Å². The van der Waals surface area contributed by atoms with E-state index >= 15 is 0 Å². The van der Waals surface area contributed by atoms with Crippen LogP contribution in [0.5, 0.6) is 0 Å². The summed E-state index contributed by atoms with van der Waals surface area (Å²) in [7, 11) is 1.29. The number of carbonyl (C=O) groups is 2. The van der Waals surface area contributed by atoms with Crippen LogP contribution in [0.15, 0.2) is 47.8 Å². The Hall–Kier alpha value is -3.06. The monoisotopic (exact) mass is 427 g/mol. The highest BCUT2D eigenvalue weighted by Gasteiger charge is 2.17. The van der Waals surface area contributed by atoms with Gasteiger partial charge in [-0.25, -0.2) is 19.0 Å². The van der Waals surface area contributed by atoms with Crippen LogP contribution < -0.4 is 0 Å². The first-order chi connectivity index (χ1) is 14.4. The lowest BCUT2D eigenvalue weighted by Gasteiger charge is -2.12. The molecule has 7 heteroatoms. The van der Waals surface area contributed by atoms with Crippen LogP contribution >= 0.6 is 11.3 Å². The molecule has 0 aliphatic carbocycles. The van der Waals surface area contributed by atoms with Gasteiger partial charge in [0.25, 0.3) is 0 Å². The Bertz CT molecular complexity index is 1060. The van der Waals surface area contributed by atoms with Crippen molar-refractivity contribution in [2.45, 2.75) is 20.3 Å². The zero-order chi connectivity index (χ0) is 21.7. The normalized spacial score (nSPS) is 10.8. The number of hydrogen-bond acceptors (Lipinski definition) is 6. The summed E-state index contributed by atoms with van der Waals surface area (Å²) in [6.07, 6.45) is 0.248. The zero-order valence-electron chi connectivity index (χ0n) is 17.0. The molecule has 0 N–H and O–H groups in total. The van der Waals surface area contributed by atoms with Gasteiger partial charge in [0.15, 0.2) is 0 Å². The van der Waals surface area contributed by atoms with Gasteiger partial charge in [0.05, 0.1) is 25.0 Å². The Labute approximate surface area is 178 Å². The fourth-order valence-corrected chi connectivity index (χ4v) is 3.59. The van der Waals surface area contributed by atoms with E-state index in [9.17, 15) is 14.0 Å². The fourth-order valence-electron chi connectivity index (χ4n) is 2.86. The summed E-state index contributed by atoms with van der Waals surface area (Å²) in [5, 5.41) is 1.94. The standard InChI is InChI=1S/C23H22FNO4S/c1-14(2)12-29-22(26)19-7-5-4-6-18(19)15-8-9-16(20(24)11-15)10-17-13-30-21(25-17)23(27)28-3/h4-9,11,13-14H,10,12H2,1-3H3. The van der Waals surface area contributed by atoms with Gasteiger partial charge in [0, 0.05) is 11.8 Å². The van der Waals surface area contributed by atoms with Crippen molar-refractivity contribution in [3.05, 3.63) is 75.5 Å². The molecule has 0 bridgehead atoms. The largest absolute Gasteiger partial charge is 0.464 e. The number of esters is 2. The third-order valence-corrected chi connectivity index (χ3v) is 5.21. The topological polar surface area (TPSA) is 65.5 Å². The van der Waals surface area contributed by atoms with Crippen molar-refractivity contribution in [1.29, 1.82) is 0 Å². The molecule has 0 radical (unpaired) electrons. The molecule has 0 aliphatic rings. The number of rotatable bonds is 7. The number of methoxy groups -OCH3 is 1. The summed E-state index contributed by atoms with van der Waals surface area (Å²) >= 11 is 1.16. The Balaban J connectivity index is 1.83. The minimum absolute atomic E-state index is 0.225. The Morgan fingerprint density at radius 2 is 1.90 bits per heavy atom. The number of benzene rings is 2. The van der Waals surface area contributed by atoms with E-state index in [1.807, 2.05) is 13.8 Å². The summed E-state index contributed by atoms with van der Waals surface area (Å²) in [6, 6.07) is 11.8. The van der Waals surface area contributed by atoms with Crippen molar-refractivity contribution >= 4 is 23.3 Å². The van der Waals surface area contributed by atoms with Crippen molar-refractivity contribution in [1.82, 2.24) is 4.98 Å². The molecule has 0 saturated heterocycles. The van der Waals surface area contributed by atoms with E-state index in [1.165, 1.54) is 13.2 Å². The molecular formula is C23H22FNO4S. The van der Waals surface area contributed by atoms with Gasteiger partial charge in [-0.05, 0) is 34.7 Å². The van der Waals surface area contributed by atoms with Crippen molar-refractivity contribution in [2.75, 3.05) is 13.7 Å². The van der Waals surface area contributed by atoms with Crippen LogP contribution in [-0.4, -0.2) is 30.6 Å². The maximum Gasteiger partial charge on any atom is 0.367 e. The first kappa shape index (κ1) is 21.6. The summed E-state index contributed by atoms with van der Waals surface area (Å²) in [5.41, 5.74) is 2.62. The summed E-state index contributed by atoms with van der Waals surface area (Å²) < 4.78 is 24.8. The third-order valence-electron chi connectivity index (χ3n) is 4.34. The predicted octanol–water partition coefficient (Wildman–Crippen LogP) is 5.14. The van der Waals surface area contributed by atoms with E-state index < -0.39 is 17.8 Å². The van der Waals surface area contributed by atoms with Crippen molar-refractivity contribution in [3.63, 3.8) is 0 Å². The number of ether oxygens (including phenoxy) is 2. The number of aromatic nitrogens is 1. The molecule has 0 aliphatic heterocycles. The molecular weight excluding hydrogens is 405 g/mol. The molecule has 1 aromatic heterocycles. The molecule has 0 spiro atoms. The second-order valence-corrected chi connectivity index (χ2v) is 8.01. The number of halogens is 1. The molecule has 3 rings (SSSR count). The lowest BCUT2D eigenvalue weighted by atomic mass is 9.97. The minimum Gasteiger partial charge on any atom is -0.464 e. The maximum atomic E-state index is 14.8. The first-order valence-corrected chi connectivity index (χ1v) is 10.3. The van der Waals surface area contributed by atoms with Gasteiger partial charge >= 0.3 is 11.9 Å². The Kier molecular flexibility index (Phi) is 6.95. The highest BCUT2D eigenvalue weighted by molar-refractivity contribution is 7.11. The molecule has 5 nitrogen and oxygen atoms in total. The van der Waals surface area contributed by atoms with Gasteiger partial charge in [0.2, 0.25) is 5.01 Å². The molecule has 0 atom stereocenters. The Morgan fingerprint density at radius 3 is 2.60 bits per heavy atom. The lowest BCUT2D eigenvalue weighted by Crippen LogP contribution is -2.11. The van der Waals surface area contributed by atoms with Crippen molar-refractivity contribution in [3.8, 4) is 11.1 Å². The molecule has 3 aromatic rings. The van der Waals surface area contributed by atoms with E-state index in [0.717, 1.165) is 11.3 Å². The van der Waals surface area contributed by atoms with Crippen LogP contribution in [0.1, 0.15) is 45.3 Å². The van der Waals surface area contributed by atoms with E-state index in [2.05, 4.69) is 9.72 Å². The molecule has 30 heavy (non-hydrogen) atoms. The fraction of sp³-hybridized carbons (Fsp3) is 0.261. The van der Waals surface area contributed by atoms with Crippen LogP contribution in [0.4, 0.5) is 4.39 Å². The molecule has 0 unspecified atom stereocenters. The van der Waals surface area contributed by atoms with E-state index in [4.69, 9.17) is 4.74 Å². The number of thiazole rings is 1. The van der Waals surface area contributed by atoms with Crippen molar-refractivity contribution < 1.29 is 23.5 Å². The molecule has 1 heterocycles. The van der Waals surface area contributed by atoms with Gasteiger partial charge in [-0.15, -0.1) is 11.3 Å². The van der Waals surface area contributed by atoms with Crippen LogP contribution in [0, 0.1) is 11.7 Å². The van der Waals surface area contributed by atoms with Gasteiger partial charge < -0.3 is 9.47 Å². The third kappa shape index (κ3) is 5.10. The number of nitrogens with zero attached hydrogens (tertiary/aromatic N) is 1. The second-order valence-electron chi connectivity index (χ2n) is 7.16. The van der Waals surface area contributed by atoms with E-state index in [0.29, 0.717) is 34.6 Å². The lowest BCUT2D eigenvalue weighted by molar-refractivity contribution is 0.0459. The molecule has 0 fully saturated rings. The van der Waals surface area contributed by atoms with Gasteiger partial charge in [0.1, 0.15) is 5.82 Å². The van der Waals surface area contributed by atoms with Gasteiger partial charge in [-0.2, -0.15) is 0 Å². The molecule has 0 saturated carbocycles. The van der Waals surface area contributed by atoms with Crippen LogP contribution in [0.25, 0.3) is 11.1 Å². The molecule has 0 amide bonds. The van der Waals surface area contributed by atoms with Crippen LogP contribution in [0.2, 0.25) is 0 Å². The van der Waals surface area contributed by atoms with Crippen molar-refractivity contribution in [2.24, 2.45) is 5.92 Å². The highest BCUT2D eigenvalue weighted by Crippen LogP contribution is 2.27. The SMILES string of the molecule is COC(=O)c1nc(Cc2ccc(-c3ccccc3C(=O)OCC(C)C)cc2F)cs1. The zero-order valence-corrected chi connectivity index (χ0v) is 17.8. The van der Waals surface area contributed by atoms with Crippen LogP contribution in [-0.2, 0) is 15.9 Å². The average molecular weight is 427 g/mol. The van der Waals surface area contributed by atoms with Gasteiger partial charge in [-0.3, -0.25) is 0 Å². The second kappa shape index (κ2) is 9.63. The average Bonchev–Trinajstić information content (AvgIpc) is 3.21. The maximum absolute atomic E-state index is 14.8. The Morgan fingerprint density at radius 1 is 1.13 bits per heavy atom.